The molecule has 5 aromatic rings. The lowest BCUT2D eigenvalue weighted by Gasteiger charge is -2.32. The second kappa shape index (κ2) is 11.5. The van der Waals surface area contributed by atoms with Gasteiger partial charge in [0.05, 0.1) is 10.2 Å². The van der Waals surface area contributed by atoms with Gasteiger partial charge in [0.2, 0.25) is 0 Å². The van der Waals surface area contributed by atoms with Crippen molar-refractivity contribution in [1.29, 1.82) is 0 Å². The molecule has 0 bridgehead atoms. The number of carbonyl (C=O) groups excluding carboxylic acids is 1. The zero-order valence-electron chi connectivity index (χ0n) is 22.3. The lowest BCUT2D eigenvalue weighted by atomic mass is 9.90. The van der Waals surface area contributed by atoms with E-state index in [4.69, 9.17) is 4.98 Å². The fraction of sp³-hybridized carbons (Fsp3) is 0.235. The van der Waals surface area contributed by atoms with Gasteiger partial charge in [-0.05, 0) is 110 Å². The maximum atomic E-state index is 12.9. The van der Waals surface area contributed by atoms with Gasteiger partial charge in [-0.3, -0.25) is 9.69 Å². The van der Waals surface area contributed by atoms with Gasteiger partial charge in [0.1, 0.15) is 5.01 Å². The summed E-state index contributed by atoms with van der Waals surface area (Å²) in [4.78, 5) is 20.2. The summed E-state index contributed by atoms with van der Waals surface area (Å²) in [6.45, 7) is 5.30. The predicted molar refractivity (Wildman–Crippen MR) is 162 cm³/mol. The Bertz CT molecular complexity index is 1550. The van der Waals surface area contributed by atoms with Crippen molar-refractivity contribution in [3.8, 4) is 10.6 Å². The van der Waals surface area contributed by atoms with Gasteiger partial charge >= 0.3 is 0 Å². The van der Waals surface area contributed by atoms with Crippen molar-refractivity contribution < 1.29 is 4.79 Å². The number of piperidine rings is 1. The molecule has 196 valence electrons. The molecule has 1 N–H and O–H groups in total. The molecule has 4 aromatic carbocycles. The summed E-state index contributed by atoms with van der Waals surface area (Å²) in [5.41, 5.74) is 7.47. The van der Waals surface area contributed by atoms with Crippen LogP contribution in [-0.4, -0.2) is 28.9 Å². The number of anilines is 1. The molecule has 1 aromatic heterocycles. The third kappa shape index (κ3) is 6.27. The fourth-order valence-corrected chi connectivity index (χ4v) is 6.44. The van der Waals surface area contributed by atoms with Gasteiger partial charge in [-0.15, -0.1) is 11.3 Å². The average Bonchev–Trinajstić information content (AvgIpc) is 3.39. The number of fused-ring (bicyclic) bond motifs is 1. The van der Waals surface area contributed by atoms with E-state index in [0.717, 1.165) is 47.3 Å². The Hall–Kier alpha value is -3.80. The molecule has 0 unspecified atom stereocenters. The summed E-state index contributed by atoms with van der Waals surface area (Å²) in [6, 6.07) is 33.1. The quantitative estimate of drug-likeness (QED) is 0.232. The van der Waals surface area contributed by atoms with Crippen LogP contribution in [0.15, 0.2) is 97.1 Å². The van der Waals surface area contributed by atoms with Crippen LogP contribution in [0.1, 0.15) is 39.9 Å². The zero-order chi connectivity index (χ0) is 26.6. The highest BCUT2D eigenvalue weighted by atomic mass is 32.1. The van der Waals surface area contributed by atoms with Crippen LogP contribution >= 0.6 is 11.3 Å². The number of hydrogen-bond acceptors (Lipinski definition) is 4. The average molecular weight is 532 g/mol. The number of nitrogens with zero attached hydrogens (tertiary/aromatic N) is 2. The predicted octanol–water partition coefficient (Wildman–Crippen LogP) is 7.98. The molecular weight excluding hydrogens is 498 g/mol. The van der Waals surface area contributed by atoms with Gasteiger partial charge in [0.15, 0.2) is 0 Å². The van der Waals surface area contributed by atoms with Crippen LogP contribution in [0.25, 0.3) is 20.8 Å². The number of thiazole rings is 1. The molecule has 2 heterocycles. The Morgan fingerprint density at radius 2 is 1.64 bits per heavy atom. The van der Waals surface area contributed by atoms with Gasteiger partial charge in [0.25, 0.3) is 5.91 Å². The van der Waals surface area contributed by atoms with Crippen LogP contribution in [-0.2, 0) is 13.0 Å². The number of aryl methyl sites for hydroxylation is 1. The number of hydrogen-bond donors (Lipinski definition) is 1. The number of nitrogens with one attached hydrogen (secondary N) is 1. The Morgan fingerprint density at radius 3 is 2.38 bits per heavy atom. The molecule has 0 saturated carbocycles. The van der Waals surface area contributed by atoms with Gasteiger partial charge < -0.3 is 5.32 Å². The first kappa shape index (κ1) is 25.5. The van der Waals surface area contributed by atoms with Gasteiger partial charge in [0, 0.05) is 23.4 Å². The molecule has 1 amide bonds. The molecular formula is C34H33N3OS. The highest BCUT2D eigenvalue weighted by Gasteiger charge is 2.19. The van der Waals surface area contributed by atoms with E-state index in [0.29, 0.717) is 5.56 Å². The van der Waals surface area contributed by atoms with E-state index in [-0.39, 0.29) is 5.91 Å². The first-order valence-electron chi connectivity index (χ1n) is 13.7. The number of benzene rings is 4. The molecule has 4 nitrogen and oxygen atoms in total. The number of likely N-dealkylation sites (tertiary alicyclic amines) is 1. The Labute approximate surface area is 234 Å². The molecule has 0 spiro atoms. The summed E-state index contributed by atoms with van der Waals surface area (Å²) in [5, 5.41) is 4.02. The Morgan fingerprint density at radius 1 is 0.897 bits per heavy atom. The van der Waals surface area contributed by atoms with Crippen LogP contribution < -0.4 is 5.32 Å². The molecule has 1 fully saturated rings. The van der Waals surface area contributed by atoms with Crippen LogP contribution in [0, 0.1) is 12.8 Å². The van der Waals surface area contributed by atoms with E-state index in [9.17, 15) is 4.79 Å². The number of rotatable bonds is 7. The van der Waals surface area contributed by atoms with Crippen LogP contribution in [0.3, 0.4) is 0 Å². The van der Waals surface area contributed by atoms with Crippen molar-refractivity contribution in [3.05, 3.63) is 119 Å². The standard InChI is InChI=1S/C34H33N3OS/c1-24-7-16-31-32(21-24)39-34(36-31)29-12-14-30(15-13-29)35-33(38)28-10-8-27(9-11-28)23-37-19-17-26(18-20-37)22-25-5-3-2-4-6-25/h2-16,21,26H,17-20,22-23H2,1H3,(H,35,38). The first-order chi connectivity index (χ1) is 19.1. The maximum absolute atomic E-state index is 12.9. The summed E-state index contributed by atoms with van der Waals surface area (Å²) in [7, 11) is 0. The largest absolute Gasteiger partial charge is 0.322 e. The minimum absolute atomic E-state index is 0.0912. The van der Waals surface area contributed by atoms with Gasteiger partial charge in [-0.25, -0.2) is 4.98 Å². The minimum Gasteiger partial charge on any atom is -0.322 e. The lowest BCUT2D eigenvalue weighted by Crippen LogP contribution is -2.33. The molecule has 1 aliphatic rings. The van der Waals surface area contributed by atoms with Crippen molar-refractivity contribution >= 4 is 33.1 Å². The fourth-order valence-electron chi connectivity index (χ4n) is 5.37. The Kier molecular flexibility index (Phi) is 7.53. The van der Waals surface area contributed by atoms with Crippen LogP contribution in [0.4, 0.5) is 5.69 Å². The highest BCUT2D eigenvalue weighted by molar-refractivity contribution is 7.21. The first-order valence-corrected chi connectivity index (χ1v) is 14.5. The van der Waals surface area contributed by atoms with Crippen LogP contribution in [0.5, 0.6) is 0 Å². The van der Waals surface area contributed by atoms with Crippen molar-refractivity contribution in [2.45, 2.75) is 32.7 Å². The second-order valence-corrected chi connectivity index (χ2v) is 11.7. The molecule has 1 aliphatic heterocycles. The number of aromatic nitrogens is 1. The number of amides is 1. The van der Waals surface area contributed by atoms with E-state index in [1.54, 1.807) is 11.3 Å². The van der Waals surface area contributed by atoms with Gasteiger partial charge in [-0.2, -0.15) is 0 Å². The molecule has 5 heteroatoms. The molecule has 0 radical (unpaired) electrons. The summed E-state index contributed by atoms with van der Waals surface area (Å²) >= 11 is 1.69. The normalized spacial score (nSPS) is 14.5. The van der Waals surface area contributed by atoms with E-state index < -0.39 is 0 Å². The third-order valence-corrected chi connectivity index (χ3v) is 8.70. The van der Waals surface area contributed by atoms with E-state index in [1.165, 1.54) is 40.7 Å². The monoisotopic (exact) mass is 531 g/mol. The van der Waals surface area contributed by atoms with E-state index in [2.05, 4.69) is 77.8 Å². The molecule has 39 heavy (non-hydrogen) atoms. The maximum Gasteiger partial charge on any atom is 0.255 e. The molecule has 0 aliphatic carbocycles. The highest BCUT2D eigenvalue weighted by Crippen LogP contribution is 2.31. The Balaban J connectivity index is 1.01. The minimum atomic E-state index is -0.0912. The zero-order valence-corrected chi connectivity index (χ0v) is 23.1. The summed E-state index contributed by atoms with van der Waals surface area (Å²) in [6.07, 6.45) is 3.67. The third-order valence-electron chi connectivity index (χ3n) is 7.63. The van der Waals surface area contributed by atoms with Crippen molar-refractivity contribution in [3.63, 3.8) is 0 Å². The van der Waals surface area contributed by atoms with E-state index in [1.807, 2.05) is 36.4 Å². The lowest BCUT2D eigenvalue weighted by molar-refractivity contribution is 0.102. The van der Waals surface area contributed by atoms with Crippen molar-refractivity contribution in [2.75, 3.05) is 18.4 Å². The smallest absolute Gasteiger partial charge is 0.255 e. The summed E-state index contributed by atoms with van der Waals surface area (Å²) < 4.78 is 1.19. The van der Waals surface area contributed by atoms with Gasteiger partial charge in [-0.1, -0.05) is 48.5 Å². The molecule has 1 saturated heterocycles. The second-order valence-electron chi connectivity index (χ2n) is 10.6. The van der Waals surface area contributed by atoms with Crippen molar-refractivity contribution in [2.24, 2.45) is 5.92 Å². The number of carbonyl (C=O) groups is 1. The van der Waals surface area contributed by atoms with Crippen LogP contribution in [0.2, 0.25) is 0 Å². The summed E-state index contributed by atoms with van der Waals surface area (Å²) in [5.74, 6) is 0.681. The van der Waals surface area contributed by atoms with E-state index >= 15 is 0 Å². The molecule has 6 rings (SSSR count). The SMILES string of the molecule is Cc1ccc2nc(-c3ccc(NC(=O)c4ccc(CN5CCC(Cc6ccccc6)CC5)cc4)cc3)sc2c1. The molecule has 0 atom stereocenters. The topological polar surface area (TPSA) is 45.2 Å². The van der Waals surface area contributed by atoms with Crippen molar-refractivity contribution in [1.82, 2.24) is 9.88 Å².